The van der Waals surface area contributed by atoms with E-state index in [1.165, 1.54) is 12.1 Å². The molecule has 0 saturated carbocycles. The van der Waals surface area contributed by atoms with Crippen LogP contribution in [0.4, 0.5) is 4.39 Å². The van der Waals surface area contributed by atoms with Crippen molar-refractivity contribution >= 4 is 5.91 Å². The summed E-state index contributed by atoms with van der Waals surface area (Å²) in [4.78, 5) is 20.5. The third-order valence-corrected chi connectivity index (χ3v) is 3.50. The minimum absolute atomic E-state index is 0.150. The Bertz CT molecular complexity index is 820. The van der Waals surface area contributed by atoms with E-state index in [2.05, 4.69) is 15.3 Å². The van der Waals surface area contributed by atoms with E-state index in [-0.39, 0.29) is 18.1 Å². The molecule has 2 heterocycles. The second kappa shape index (κ2) is 7.46. The Morgan fingerprint density at radius 2 is 1.83 bits per heavy atom. The van der Waals surface area contributed by atoms with E-state index in [9.17, 15) is 9.18 Å². The number of nitrogens with one attached hydrogen (secondary N) is 1. The van der Waals surface area contributed by atoms with Crippen LogP contribution in [0.5, 0.6) is 0 Å². The van der Waals surface area contributed by atoms with E-state index in [0.717, 1.165) is 17.0 Å². The first kappa shape index (κ1) is 15.8. The number of hydrogen-bond acceptors (Lipinski definition) is 3. The molecule has 120 valence electrons. The summed E-state index contributed by atoms with van der Waals surface area (Å²) in [5, 5.41) is 2.81. The molecule has 24 heavy (non-hydrogen) atoms. The van der Waals surface area contributed by atoms with Gasteiger partial charge in [0.2, 0.25) is 5.91 Å². The van der Waals surface area contributed by atoms with Crippen LogP contribution in [0, 0.1) is 5.82 Å². The lowest BCUT2D eigenvalue weighted by Gasteiger charge is -2.06. The molecular formula is C19H16FN3O. The van der Waals surface area contributed by atoms with Crippen LogP contribution in [-0.4, -0.2) is 15.9 Å². The topological polar surface area (TPSA) is 54.9 Å². The molecule has 5 heteroatoms. The van der Waals surface area contributed by atoms with Crippen LogP contribution in [0.1, 0.15) is 11.1 Å². The van der Waals surface area contributed by atoms with Crippen molar-refractivity contribution < 1.29 is 9.18 Å². The quantitative estimate of drug-likeness (QED) is 0.785. The number of rotatable bonds is 5. The molecule has 0 aliphatic rings. The molecule has 0 fully saturated rings. The smallest absolute Gasteiger partial charge is 0.224 e. The summed E-state index contributed by atoms with van der Waals surface area (Å²) in [6.07, 6.45) is 3.58. The Balaban J connectivity index is 1.56. The molecule has 0 saturated heterocycles. The van der Waals surface area contributed by atoms with Crippen molar-refractivity contribution in [3.63, 3.8) is 0 Å². The Labute approximate surface area is 139 Å². The van der Waals surface area contributed by atoms with Gasteiger partial charge in [-0.1, -0.05) is 24.3 Å². The van der Waals surface area contributed by atoms with E-state index in [1.54, 1.807) is 24.5 Å². The number of hydrogen-bond donors (Lipinski definition) is 1. The summed E-state index contributed by atoms with van der Waals surface area (Å²) >= 11 is 0. The Morgan fingerprint density at radius 1 is 0.958 bits per heavy atom. The van der Waals surface area contributed by atoms with Gasteiger partial charge in [0.25, 0.3) is 0 Å². The fourth-order valence-electron chi connectivity index (χ4n) is 2.29. The second-order valence-electron chi connectivity index (χ2n) is 5.35. The SMILES string of the molecule is O=C(Cc1cccc(F)c1)NCc1ccc(-c2ccccn2)nc1. The van der Waals surface area contributed by atoms with Crippen LogP contribution in [0.2, 0.25) is 0 Å². The third kappa shape index (κ3) is 4.23. The van der Waals surface area contributed by atoms with Gasteiger partial charge in [-0.15, -0.1) is 0 Å². The van der Waals surface area contributed by atoms with Gasteiger partial charge in [-0.3, -0.25) is 14.8 Å². The largest absolute Gasteiger partial charge is 0.352 e. The number of amides is 1. The lowest BCUT2D eigenvalue weighted by Crippen LogP contribution is -2.24. The standard InChI is InChI=1S/C19H16FN3O/c20-16-5-3-4-14(10-16)11-19(24)23-13-15-7-8-18(22-12-15)17-6-1-2-9-21-17/h1-10,12H,11,13H2,(H,23,24). The van der Waals surface area contributed by atoms with Gasteiger partial charge >= 0.3 is 0 Å². The van der Waals surface area contributed by atoms with Gasteiger partial charge in [0, 0.05) is 18.9 Å². The molecule has 0 atom stereocenters. The van der Waals surface area contributed by atoms with Gasteiger partial charge in [0.15, 0.2) is 0 Å². The summed E-state index contributed by atoms with van der Waals surface area (Å²) in [7, 11) is 0. The van der Waals surface area contributed by atoms with Crippen LogP contribution in [-0.2, 0) is 17.8 Å². The lowest BCUT2D eigenvalue weighted by atomic mass is 10.1. The van der Waals surface area contributed by atoms with Gasteiger partial charge in [0.05, 0.1) is 17.8 Å². The number of halogens is 1. The summed E-state index contributed by atoms with van der Waals surface area (Å²) < 4.78 is 13.1. The molecule has 1 N–H and O–H groups in total. The molecule has 2 aromatic heterocycles. The van der Waals surface area contributed by atoms with Crippen LogP contribution >= 0.6 is 0 Å². The molecule has 3 rings (SSSR count). The van der Waals surface area contributed by atoms with Crippen molar-refractivity contribution in [3.05, 3.63) is 83.9 Å². The third-order valence-electron chi connectivity index (χ3n) is 3.50. The minimum Gasteiger partial charge on any atom is -0.352 e. The highest BCUT2D eigenvalue weighted by molar-refractivity contribution is 5.78. The first-order valence-corrected chi connectivity index (χ1v) is 7.58. The van der Waals surface area contributed by atoms with Crippen molar-refractivity contribution in [1.29, 1.82) is 0 Å². The Hall–Kier alpha value is -3.08. The van der Waals surface area contributed by atoms with E-state index >= 15 is 0 Å². The van der Waals surface area contributed by atoms with E-state index in [4.69, 9.17) is 0 Å². The van der Waals surface area contributed by atoms with Crippen molar-refractivity contribution in [2.75, 3.05) is 0 Å². The van der Waals surface area contributed by atoms with Crippen LogP contribution in [0.15, 0.2) is 67.0 Å². The van der Waals surface area contributed by atoms with E-state index < -0.39 is 0 Å². The normalized spacial score (nSPS) is 10.4. The number of carbonyl (C=O) groups is 1. The number of carbonyl (C=O) groups excluding carboxylic acids is 1. The molecule has 4 nitrogen and oxygen atoms in total. The van der Waals surface area contributed by atoms with Gasteiger partial charge in [-0.2, -0.15) is 0 Å². The number of benzene rings is 1. The van der Waals surface area contributed by atoms with Crippen LogP contribution in [0.3, 0.4) is 0 Å². The predicted octanol–water partition coefficient (Wildman–Crippen LogP) is 3.14. The molecule has 0 bridgehead atoms. The number of aromatic nitrogens is 2. The Morgan fingerprint density at radius 3 is 2.54 bits per heavy atom. The summed E-state index contributed by atoms with van der Waals surface area (Å²) in [6.45, 7) is 0.379. The molecule has 1 amide bonds. The first-order chi connectivity index (χ1) is 11.7. The zero-order chi connectivity index (χ0) is 16.8. The molecule has 0 aliphatic heterocycles. The zero-order valence-corrected chi connectivity index (χ0v) is 12.9. The molecule has 0 spiro atoms. The number of pyridine rings is 2. The van der Waals surface area contributed by atoms with Gasteiger partial charge in [-0.05, 0) is 41.5 Å². The predicted molar refractivity (Wildman–Crippen MR) is 89.4 cm³/mol. The van der Waals surface area contributed by atoms with Crippen molar-refractivity contribution in [1.82, 2.24) is 15.3 Å². The maximum atomic E-state index is 13.1. The molecule has 1 aromatic carbocycles. The average molecular weight is 321 g/mol. The molecule has 0 unspecified atom stereocenters. The average Bonchev–Trinajstić information content (AvgIpc) is 2.61. The maximum absolute atomic E-state index is 13.1. The monoisotopic (exact) mass is 321 g/mol. The molecule has 0 aliphatic carbocycles. The second-order valence-corrected chi connectivity index (χ2v) is 5.35. The molecular weight excluding hydrogens is 305 g/mol. The van der Waals surface area contributed by atoms with Crippen LogP contribution in [0.25, 0.3) is 11.4 Å². The minimum atomic E-state index is -0.338. The highest BCUT2D eigenvalue weighted by Gasteiger charge is 2.05. The lowest BCUT2D eigenvalue weighted by molar-refractivity contribution is -0.120. The summed E-state index contributed by atoms with van der Waals surface area (Å²) in [6, 6.07) is 15.5. The van der Waals surface area contributed by atoms with Crippen molar-refractivity contribution in [3.8, 4) is 11.4 Å². The highest BCUT2D eigenvalue weighted by atomic mass is 19.1. The van der Waals surface area contributed by atoms with Gasteiger partial charge in [-0.25, -0.2) is 4.39 Å². The maximum Gasteiger partial charge on any atom is 0.224 e. The summed E-state index contributed by atoms with van der Waals surface area (Å²) in [5.74, 6) is -0.496. The fourth-order valence-corrected chi connectivity index (χ4v) is 2.29. The van der Waals surface area contributed by atoms with Gasteiger partial charge < -0.3 is 5.32 Å². The van der Waals surface area contributed by atoms with Crippen LogP contribution < -0.4 is 5.32 Å². The van der Waals surface area contributed by atoms with Crippen molar-refractivity contribution in [2.24, 2.45) is 0 Å². The Kier molecular flexibility index (Phi) is 4.91. The van der Waals surface area contributed by atoms with Gasteiger partial charge in [0.1, 0.15) is 5.82 Å². The van der Waals surface area contributed by atoms with Crippen molar-refractivity contribution in [2.45, 2.75) is 13.0 Å². The highest BCUT2D eigenvalue weighted by Crippen LogP contribution is 2.13. The summed E-state index contributed by atoms with van der Waals surface area (Å²) in [5.41, 5.74) is 3.13. The zero-order valence-electron chi connectivity index (χ0n) is 12.9. The molecule has 0 radical (unpaired) electrons. The van der Waals surface area contributed by atoms with E-state index in [1.807, 2.05) is 30.3 Å². The van der Waals surface area contributed by atoms with E-state index in [0.29, 0.717) is 12.1 Å². The number of nitrogens with zero attached hydrogens (tertiary/aromatic N) is 2. The fraction of sp³-hybridized carbons (Fsp3) is 0.105. The first-order valence-electron chi connectivity index (χ1n) is 7.58. The molecule has 3 aromatic rings.